The van der Waals surface area contributed by atoms with E-state index < -0.39 is 5.97 Å². The summed E-state index contributed by atoms with van der Waals surface area (Å²) < 4.78 is 0. The molecule has 0 unspecified atom stereocenters. The third kappa shape index (κ3) is 3.59. The lowest BCUT2D eigenvalue weighted by atomic mass is 10.0. The maximum Gasteiger partial charge on any atom is 0.306 e. The van der Waals surface area contributed by atoms with Gasteiger partial charge in [0.15, 0.2) is 0 Å². The number of aliphatic carboxylic acids is 1. The van der Waals surface area contributed by atoms with E-state index in [4.69, 9.17) is 5.11 Å². The maximum absolute atomic E-state index is 12.2. The number of aromatic nitrogens is 1. The van der Waals surface area contributed by atoms with Crippen LogP contribution >= 0.6 is 11.3 Å². The third-order valence-corrected chi connectivity index (χ3v) is 4.99. The standard InChI is InChI=1S/C17H18N2O3S/c1-10-18-15(9-23-10)11-4-6-14(7-5-11)19-16(20)12-2-3-13(8-12)17(21)22/h4-7,9,12-13H,2-3,8H2,1H3,(H,19,20)(H,21,22)/t12-,13+/m1/s1. The van der Waals surface area contributed by atoms with Gasteiger partial charge >= 0.3 is 5.97 Å². The van der Waals surface area contributed by atoms with Crippen molar-refractivity contribution in [1.29, 1.82) is 0 Å². The molecule has 1 aromatic carbocycles. The molecule has 0 aliphatic heterocycles. The Morgan fingerprint density at radius 2 is 1.91 bits per heavy atom. The number of thiazole rings is 1. The number of amides is 1. The van der Waals surface area contributed by atoms with Gasteiger partial charge in [0, 0.05) is 22.5 Å². The van der Waals surface area contributed by atoms with Crippen molar-refractivity contribution in [3.63, 3.8) is 0 Å². The van der Waals surface area contributed by atoms with Gasteiger partial charge in [0.2, 0.25) is 5.91 Å². The van der Waals surface area contributed by atoms with Crippen LogP contribution in [-0.2, 0) is 9.59 Å². The quantitative estimate of drug-likeness (QED) is 0.898. The average Bonchev–Trinajstić information content (AvgIpc) is 3.17. The Kier molecular flexibility index (Phi) is 4.43. The smallest absolute Gasteiger partial charge is 0.306 e. The van der Waals surface area contributed by atoms with E-state index in [0.717, 1.165) is 22.0 Å². The van der Waals surface area contributed by atoms with Crippen LogP contribution in [-0.4, -0.2) is 22.0 Å². The van der Waals surface area contributed by atoms with Crippen LogP contribution in [0.3, 0.4) is 0 Å². The summed E-state index contributed by atoms with van der Waals surface area (Å²) in [6.45, 7) is 1.97. The average molecular weight is 330 g/mol. The molecule has 1 aliphatic carbocycles. The van der Waals surface area contributed by atoms with Crippen LogP contribution in [0, 0.1) is 18.8 Å². The van der Waals surface area contributed by atoms with E-state index in [1.54, 1.807) is 11.3 Å². The largest absolute Gasteiger partial charge is 0.481 e. The summed E-state index contributed by atoms with van der Waals surface area (Å²) in [5.41, 5.74) is 2.68. The number of carbonyl (C=O) groups is 2. The molecule has 0 radical (unpaired) electrons. The van der Waals surface area contributed by atoms with Crippen LogP contribution in [0.15, 0.2) is 29.6 Å². The number of hydrogen-bond acceptors (Lipinski definition) is 4. The normalized spacial score (nSPS) is 20.4. The molecule has 1 amide bonds. The molecule has 1 saturated carbocycles. The molecule has 23 heavy (non-hydrogen) atoms. The number of carboxylic acids is 1. The Morgan fingerprint density at radius 1 is 1.22 bits per heavy atom. The first-order valence-electron chi connectivity index (χ1n) is 7.59. The lowest BCUT2D eigenvalue weighted by Gasteiger charge is -2.11. The second kappa shape index (κ2) is 6.50. The molecule has 120 valence electrons. The van der Waals surface area contributed by atoms with Crippen molar-refractivity contribution in [2.45, 2.75) is 26.2 Å². The van der Waals surface area contributed by atoms with Crippen LogP contribution in [0.4, 0.5) is 5.69 Å². The minimum absolute atomic E-state index is 0.0917. The second-order valence-corrected chi connectivity index (χ2v) is 6.93. The molecule has 2 atom stereocenters. The molecule has 3 rings (SSSR count). The molecule has 2 N–H and O–H groups in total. The monoisotopic (exact) mass is 330 g/mol. The summed E-state index contributed by atoms with van der Waals surface area (Å²) >= 11 is 1.60. The number of nitrogens with one attached hydrogen (secondary N) is 1. The molecule has 0 spiro atoms. The minimum atomic E-state index is -0.803. The lowest BCUT2D eigenvalue weighted by molar-refractivity contribution is -0.141. The molecule has 2 aromatic rings. The summed E-state index contributed by atoms with van der Waals surface area (Å²) in [6.07, 6.45) is 1.64. The first-order chi connectivity index (χ1) is 11.0. The first-order valence-corrected chi connectivity index (χ1v) is 8.47. The highest BCUT2D eigenvalue weighted by Crippen LogP contribution is 2.32. The first kappa shape index (κ1) is 15.7. The van der Waals surface area contributed by atoms with Crippen molar-refractivity contribution in [2.24, 2.45) is 11.8 Å². The number of rotatable bonds is 4. The third-order valence-electron chi connectivity index (χ3n) is 4.22. The summed E-state index contributed by atoms with van der Waals surface area (Å²) in [7, 11) is 0. The number of carbonyl (C=O) groups excluding carboxylic acids is 1. The fourth-order valence-corrected chi connectivity index (χ4v) is 3.53. The zero-order valence-electron chi connectivity index (χ0n) is 12.8. The summed E-state index contributed by atoms with van der Waals surface area (Å²) in [5.74, 6) is -1.49. The van der Waals surface area contributed by atoms with Crippen LogP contribution in [0.5, 0.6) is 0 Å². The van der Waals surface area contributed by atoms with Crippen molar-refractivity contribution < 1.29 is 14.7 Å². The van der Waals surface area contributed by atoms with Gasteiger partial charge in [-0.15, -0.1) is 11.3 Å². The van der Waals surface area contributed by atoms with Gasteiger partial charge in [-0.05, 0) is 38.3 Å². The van der Waals surface area contributed by atoms with Crippen LogP contribution in [0.1, 0.15) is 24.3 Å². The van der Waals surface area contributed by atoms with Crippen molar-refractivity contribution in [1.82, 2.24) is 4.98 Å². The Bertz CT molecular complexity index is 724. The number of aryl methyl sites for hydroxylation is 1. The highest BCUT2D eigenvalue weighted by atomic mass is 32.1. The number of anilines is 1. The number of carboxylic acid groups (broad SMARTS) is 1. The second-order valence-electron chi connectivity index (χ2n) is 5.86. The fraction of sp³-hybridized carbons (Fsp3) is 0.353. The summed E-state index contributed by atoms with van der Waals surface area (Å²) in [5, 5.41) is 14.9. The van der Waals surface area contributed by atoms with Gasteiger partial charge in [0.25, 0.3) is 0 Å². The predicted molar refractivity (Wildman–Crippen MR) is 89.4 cm³/mol. The molecular weight excluding hydrogens is 312 g/mol. The van der Waals surface area contributed by atoms with E-state index in [-0.39, 0.29) is 17.7 Å². The highest BCUT2D eigenvalue weighted by molar-refractivity contribution is 7.09. The number of nitrogens with zero attached hydrogens (tertiary/aromatic N) is 1. The minimum Gasteiger partial charge on any atom is -0.481 e. The Balaban J connectivity index is 1.62. The van der Waals surface area contributed by atoms with Crippen molar-refractivity contribution in [3.05, 3.63) is 34.7 Å². The summed E-state index contributed by atoms with van der Waals surface area (Å²) in [6, 6.07) is 7.56. The van der Waals surface area contributed by atoms with E-state index >= 15 is 0 Å². The Hall–Kier alpha value is -2.21. The highest BCUT2D eigenvalue weighted by Gasteiger charge is 2.33. The molecule has 1 fully saturated rings. The number of benzene rings is 1. The van der Waals surface area contributed by atoms with E-state index in [9.17, 15) is 9.59 Å². The molecule has 0 bridgehead atoms. The molecule has 1 heterocycles. The number of hydrogen-bond donors (Lipinski definition) is 2. The van der Waals surface area contributed by atoms with E-state index in [1.807, 2.05) is 36.6 Å². The predicted octanol–water partition coefficient (Wildman–Crippen LogP) is 3.56. The van der Waals surface area contributed by atoms with Crippen LogP contribution in [0.25, 0.3) is 11.3 Å². The molecule has 6 heteroatoms. The Labute approximate surface area is 138 Å². The van der Waals surface area contributed by atoms with E-state index in [0.29, 0.717) is 19.3 Å². The van der Waals surface area contributed by atoms with Gasteiger partial charge < -0.3 is 10.4 Å². The van der Waals surface area contributed by atoms with Crippen LogP contribution < -0.4 is 5.32 Å². The van der Waals surface area contributed by atoms with Crippen molar-refractivity contribution in [2.75, 3.05) is 5.32 Å². The SMILES string of the molecule is Cc1nc(-c2ccc(NC(=O)[C@@H]3CC[C@H](C(=O)O)C3)cc2)cs1. The van der Waals surface area contributed by atoms with Crippen molar-refractivity contribution in [3.8, 4) is 11.3 Å². The van der Waals surface area contributed by atoms with Gasteiger partial charge in [0.1, 0.15) is 0 Å². The van der Waals surface area contributed by atoms with Gasteiger partial charge in [-0.25, -0.2) is 4.98 Å². The fourth-order valence-electron chi connectivity index (χ4n) is 2.91. The lowest BCUT2D eigenvalue weighted by Crippen LogP contribution is -2.21. The molecular formula is C17H18N2O3S. The topological polar surface area (TPSA) is 79.3 Å². The van der Waals surface area contributed by atoms with Crippen molar-refractivity contribution >= 4 is 28.9 Å². The van der Waals surface area contributed by atoms with Gasteiger partial charge in [-0.3, -0.25) is 9.59 Å². The van der Waals surface area contributed by atoms with E-state index in [2.05, 4.69) is 10.3 Å². The van der Waals surface area contributed by atoms with Gasteiger partial charge in [0.05, 0.1) is 16.6 Å². The van der Waals surface area contributed by atoms with E-state index in [1.165, 1.54) is 0 Å². The summed E-state index contributed by atoms with van der Waals surface area (Å²) in [4.78, 5) is 27.6. The Morgan fingerprint density at radius 3 is 2.48 bits per heavy atom. The molecule has 0 saturated heterocycles. The molecule has 1 aliphatic rings. The zero-order chi connectivity index (χ0) is 16.4. The van der Waals surface area contributed by atoms with Crippen LogP contribution in [0.2, 0.25) is 0 Å². The van der Waals surface area contributed by atoms with Gasteiger partial charge in [-0.2, -0.15) is 0 Å². The zero-order valence-corrected chi connectivity index (χ0v) is 13.6. The molecule has 1 aromatic heterocycles. The van der Waals surface area contributed by atoms with Gasteiger partial charge in [-0.1, -0.05) is 12.1 Å². The molecule has 5 nitrogen and oxygen atoms in total. The maximum atomic E-state index is 12.2.